The minimum Gasteiger partial charge on any atom is -0.369 e. The molecule has 158 valence electrons. The van der Waals surface area contributed by atoms with Crippen molar-refractivity contribution in [1.29, 1.82) is 0 Å². The van der Waals surface area contributed by atoms with E-state index < -0.39 is 21.8 Å². The average Bonchev–Trinajstić information content (AvgIpc) is 2.77. The number of benzene rings is 1. The number of sulfonamides is 1. The molecule has 1 aromatic heterocycles. The number of pyridine rings is 1. The number of hydroxylamine groups is 2. The van der Waals surface area contributed by atoms with Gasteiger partial charge in [0, 0.05) is 49.8 Å². The highest BCUT2D eigenvalue weighted by molar-refractivity contribution is 7.89. The second kappa shape index (κ2) is 9.67. The second-order valence-electron chi connectivity index (χ2n) is 6.65. The molecule has 1 saturated heterocycles. The summed E-state index contributed by atoms with van der Waals surface area (Å²) in [5, 5.41) is 10.1. The van der Waals surface area contributed by atoms with E-state index in [9.17, 15) is 22.8 Å². The number of halogens is 1. The van der Waals surface area contributed by atoms with E-state index in [0.717, 1.165) is 5.69 Å². The second-order valence-corrected chi connectivity index (χ2v) is 8.67. The molecule has 1 aliphatic heterocycles. The van der Waals surface area contributed by atoms with Crippen LogP contribution in [-0.2, 0) is 14.8 Å². The van der Waals surface area contributed by atoms with Crippen molar-refractivity contribution in [1.82, 2.24) is 14.4 Å². The van der Waals surface area contributed by atoms with E-state index in [1.807, 2.05) is 4.90 Å². The molecule has 30 heavy (non-hydrogen) atoms. The van der Waals surface area contributed by atoms with Crippen molar-refractivity contribution >= 4 is 22.1 Å². The maximum Gasteiger partial charge on any atom is 0.234 e. The Bertz CT molecular complexity index is 1010. The van der Waals surface area contributed by atoms with Gasteiger partial charge in [0.15, 0.2) is 0 Å². The van der Waals surface area contributed by atoms with Crippen LogP contribution in [0.5, 0.6) is 0 Å². The molecule has 1 aliphatic rings. The molecule has 10 heteroatoms. The van der Waals surface area contributed by atoms with Crippen LogP contribution < -0.4 is 4.90 Å². The molecular weight excluding hydrogens is 411 g/mol. The Morgan fingerprint density at radius 2 is 1.90 bits per heavy atom. The maximum absolute atomic E-state index is 13.1. The van der Waals surface area contributed by atoms with Gasteiger partial charge >= 0.3 is 0 Å². The lowest BCUT2D eigenvalue weighted by molar-refractivity contribution is -0.153. The highest BCUT2D eigenvalue weighted by Crippen LogP contribution is 2.18. The Balaban J connectivity index is 1.67. The van der Waals surface area contributed by atoms with E-state index in [-0.39, 0.29) is 30.4 Å². The third-order valence-corrected chi connectivity index (χ3v) is 6.55. The van der Waals surface area contributed by atoms with Gasteiger partial charge in [-0.05, 0) is 36.4 Å². The van der Waals surface area contributed by atoms with Crippen molar-refractivity contribution in [3.8, 4) is 11.8 Å². The van der Waals surface area contributed by atoms with Gasteiger partial charge in [-0.25, -0.2) is 17.9 Å². The van der Waals surface area contributed by atoms with Crippen LogP contribution in [0.4, 0.5) is 10.1 Å². The minimum absolute atomic E-state index is 0.130. The van der Waals surface area contributed by atoms with Gasteiger partial charge in [-0.3, -0.25) is 15.0 Å². The van der Waals surface area contributed by atoms with Gasteiger partial charge in [0.1, 0.15) is 11.9 Å². The summed E-state index contributed by atoms with van der Waals surface area (Å²) in [5.41, 5.74) is 1.35. The summed E-state index contributed by atoms with van der Waals surface area (Å²) in [6.45, 7) is 1.34. The lowest BCUT2D eigenvalue weighted by Gasteiger charge is -2.36. The fourth-order valence-electron chi connectivity index (χ4n) is 3.04. The van der Waals surface area contributed by atoms with Gasteiger partial charge in [-0.1, -0.05) is 11.8 Å². The Kier molecular flexibility index (Phi) is 6.99. The van der Waals surface area contributed by atoms with E-state index in [4.69, 9.17) is 0 Å². The zero-order valence-corrected chi connectivity index (χ0v) is 16.9. The minimum atomic E-state index is -3.79. The van der Waals surface area contributed by atoms with Crippen LogP contribution in [0.1, 0.15) is 5.56 Å². The fourth-order valence-corrected chi connectivity index (χ4v) is 4.61. The van der Waals surface area contributed by atoms with E-state index >= 15 is 0 Å². The quantitative estimate of drug-likeness (QED) is 0.316. The molecule has 0 bridgehead atoms. The Hall–Kier alpha value is -3.00. The van der Waals surface area contributed by atoms with E-state index in [1.165, 1.54) is 22.6 Å². The van der Waals surface area contributed by atoms with E-state index in [0.29, 0.717) is 18.7 Å². The van der Waals surface area contributed by atoms with Crippen LogP contribution in [0.3, 0.4) is 0 Å². The highest BCUT2D eigenvalue weighted by Gasteiger charge is 2.31. The first kappa shape index (κ1) is 21.7. The number of aromatic nitrogens is 1. The first-order valence-electron chi connectivity index (χ1n) is 9.21. The normalized spacial score (nSPS) is 15.7. The summed E-state index contributed by atoms with van der Waals surface area (Å²) in [6.07, 6.45) is 3.20. The van der Waals surface area contributed by atoms with Gasteiger partial charge < -0.3 is 4.90 Å². The summed E-state index contributed by atoms with van der Waals surface area (Å²) in [5.74, 6) is 4.48. The Morgan fingerprint density at radius 1 is 1.20 bits per heavy atom. The van der Waals surface area contributed by atoms with Crippen LogP contribution in [0.2, 0.25) is 0 Å². The largest absolute Gasteiger partial charge is 0.369 e. The molecule has 1 aromatic carbocycles. The number of hydrogen-bond acceptors (Lipinski definition) is 6. The topological polar surface area (TPSA) is 94.0 Å². The van der Waals surface area contributed by atoms with Crippen molar-refractivity contribution in [3.63, 3.8) is 0 Å². The molecule has 2 aromatic rings. The van der Waals surface area contributed by atoms with Gasteiger partial charge in [0.05, 0.1) is 5.75 Å². The molecule has 0 saturated carbocycles. The standard InChI is InChI=1S/C20H21FN4O4S/c21-18-4-7-19(8-5-18)23-10-12-24(13-11-23)30(28,29)15-20(25(27)16-26)6-3-17-2-1-9-22-14-17/h1-2,4-5,7-9,14,16,20,27H,10-13,15H2. The molecule has 1 amide bonds. The number of amides is 1. The summed E-state index contributed by atoms with van der Waals surface area (Å²) in [7, 11) is -3.79. The monoisotopic (exact) mass is 432 g/mol. The number of piperazine rings is 1. The zero-order valence-electron chi connectivity index (χ0n) is 16.1. The number of nitrogens with zero attached hydrogens (tertiary/aromatic N) is 4. The molecule has 1 fully saturated rings. The lowest BCUT2D eigenvalue weighted by atomic mass is 10.2. The predicted molar refractivity (Wildman–Crippen MR) is 109 cm³/mol. The number of rotatable bonds is 6. The van der Waals surface area contributed by atoms with Crippen LogP contribution in [0.25, 0.3) is 0 Å². The van der Waals surface area contributed by atoms with Crippen LogP contribution in [0, 0.1) is 17.7 Å². The molecule has 8 nitrogen and oxygen atoms in total. The maximum atomic E-state index is 13.1. The highest BCUT2D eigenvalue weighted by atomic mass is 32.2. The molecule has 0 radical (unpaired) electrons. The lowest BCUT2D eigenvalue weighted by Crippen LogP contribution is -2.51. The number of hydrogen-bond donors (Lipinski definition) is 1. The predicted octanol–water partition coefficient (Wildman–Crippen LogP) is 0.940. The molecule has 0 aliphatic carbocycles. The summed E-state index contributed by atoms with van der Waals surface area (Å²) in [6, 6.07) is 8.16. The molecular formula is C20H21FN4O4S. The van der Waals surface area contributed by atoms with Gasteiger partial charge in [-0.2, -0.15) is 4.31 Å². The molecule has 2 heterocycles. The Labute approximate surface area is 174 Å². The Morgan fingerprint density at radius 3 is 2.50 bits per heavy atom. The molecule has 1 atom stereocenters. The van der Waals surface area contributed by atoms with E-state index in [2.05, 4.69) is 16.8 Å². The molecule has 1 unspecified atom stereocenters. The molecule has 0 spiro atoms. The smallest absolute Gasteiger partial charge is 0.234 e. The first-order valence-corrected chi connectivity index (χ1v) is 10.8. The fraction of sp³-hybridized carbons (Fsp3) is 0.300. The SMILES string of the molecule is O=CN(O)C(C#Cc1cccnc1)CS(=O)(=O)N1CCN(c2ccc(F)cc2)CC1. The van der Waals surface area contributed by atoms with Gasteiger partial charge in [0.2, 0.25) is 16.4 Å². The van der Waals surface area contributed by atoms with Gasteiger partial charge in [0.25, 0.3) is 0 Å². The van der Waals surface area contributed by atoms with Crippen molar-refractivity contribution in [2.24, 2.45) is 0 Å². The van der Waals surface area contributed by atoms with Crippen molar-refractivity contribution < 1.29 is 22.8 Å². The van der Waals surface area contributed by atoms with Crippen LogP contribution >= 0.6 is 0 Å². The number of anilines is 1. The summed E-state index contributed by atoms with van der Waals surface area (Å²) < 4.78 is 40.1. The van der Waals surface area contributed by atoms with Crippen LogP contribution in [0.15, 0.2) is 48.8 Å². The molecule has 1 N–H and O–H groups in total. The number of carbonyl (C=O) groups excluding carboxylic acids is 1. The number of carbonyl (C=O) groups is 1. The first-order chi connectivity index (χ1) is 14.4. The zero-order chi connectivity index (χ0) is 21.6. The average molecular weight is 432 g/mol. The van der Waals surface area contributed by atoms with Crippen LogP contribution in [-0.4, -0.2) is 72.4 Å². The van der Waals surface area contributed by atoms with Crippen molar-refractivity contribution in [2.75, 3.05) is 36.8 Å². The van der Waals surface area contributed by atoms with E-state index in [1.54, 1.807) is 30.5 Å². The van der Waals surface area contributed by atoms with Gasteiger partial charge in [-0.15, -0.1) is 0 Å². The summed E-state index contributed by atoms with van der Waals surface area (Å²) >= 11 is 0. The molecule has 3 rings (SSSR count). The third-order valence-electron chi connectivity index (χ3n) is 4.66. The van der Waals surface area contributed by atoms with Crippen molar-refractivity contribution in [3.05, 3.63) is 60.2 Å². The summed E-state index contributed by atoms with van der Waals surface area (Å²) in [4.78, 5) is 16.9. The van der Waals surface area contributed by atoms with Crippen molar-refractivity contribution in [2.45, 2.75) is 6.04 Å². The third kappa shape index (κ3) is 5.54.